The second-order valence-corrected chi connectivity index (χ2v) is 3.20. The van der Waals surface area contributed by atoms with Gasteiger partial charge >= 0.3 is 0 Å². The van der Waals surface area contributed by atoms with Crippen molar-refractivity contribution < 1.29 is 4.79 Å². The Balaban J connectivity index is 2.29. The van der Waals surface area contributed by atoms with Gasteiger partial charge in [0.05, 0.1) is 0 Å². The minimum Gasteiger partial charge on any atom is -0.341 e. The lowest BCUT2D eigenvalue weighted by atomic mass is 9.93. The second-order valence-electron chi connectivity index (χ2n) is 3.20. The van der Waals surface area contributed by atoms with E-state index in [-0.39, 0.29) is 5.91 Å². The van der Waals surface area contributed by atoms with Crippen LogP contribution in [0.5, 0.6) is 0 Å². The van der Waals surface area contributed by atoms with Gasteiger partial charge < -0.3 is 4.90 Å². The van der Waals surface area contributed by atoms with Crippen LogP contribution in [-0.2, 0) is 4.79 Å². The molecule has 2 heteroatoms. The van der Waals surface area contributed by atoms with Crippen molar-refractivity contribution in [3.8, 4) is 0 Å². The summed E-state index contributed by atoms with van der Waals surface area (Å²) in [4.78, 5) is 12.9. The molecule has 0 aromatic heterocycles. The Bertz CT molecular complexity index is 180. The number of hydrogen-bond donors (Lipinski definition) is 0. The molecule has 1 amide bonds. The zero-order chi connectivity index (χ0) is 8.43. The van der Waals surface area contributed by atoms with E-state index < -0.39 is 0 Å². The van der Waals surface area contributed by atoms with Crippen LogP contribution in [0.15, 0.2) is 12.2 Å². The summed E-state index contributed by atoms with van der Waals surface area (Å²) < 4.78 is 0. The van der Waals surface area contributed by atoms with Gasteiger partial charge in [-0.3, -0.25) is 4.79 Å². The first-order valence-corrected chi connectivity index (χ1v) is 4.08. The number of carbonyl (C=O) groups is 1. The summed E-state index contributed by atoms with van der Waals surface area (Å²) in [6.07, 6.45) is 0.628. The molecule has 0 atom stereocenters. The van der Waals surface area contributed by atoms with Crippen molar-refractivity contribution in [1.29, 1.82) is 0 Å². The molecule has 0 N–H and O–H groups in total. The highest BCUT2D eigenvalue weighted by atomic mass is 16.2. The Labute approximate surface area is 67.9 Å². The lowest BCUT2D eigenvalue weighted by molar-refractivity contribution is -0.136. The van der Waals surface area contributed by atoms with Crippen molar-refractivity contribution in [3.05, 3.63) is 12.2 Å². The average Bonchev–Trinajstić information content (AvgIpc) is 1.83. The van der Waals surface area contributed by atoms with E-state index in [0.717, 1.165) is 13.1 Å². The summed E-state index contributed by atoms with van der Waals surface area (Å²) in [6, 6.07) is 0. The molecule has 62 valence electrons. The second kappa shape index (κ2) is 3.07. The van der Waals surface area contributed by atoms with Gasteiger partial charge in [0.25, 0.3) is 0 Å². The van der Waals surface area contributed by atoms with Gasteiger partial charge in [0.2, 0.25) is 5.91 Å². The number of likely N-dealkylation sites (tertiary alicyclic amines) is 1. The van der Waals surface area contributed by atoms with Crippen LogP contribution in [0.4, 0.5) is 0 Å². The molecule has 0 aromatic rings. The first-order valence-electron chi connectivity index (χ1n) is 4.08. The SMILES string of the molecule is C=C(C)C1CN(C(=O)CC)C1. The standard InChI is InChI=1S/C9H15NO/c1-4-9(11)10-5-8(6-10)7(2)3/h8H,2,4-6H2,1,3H3. The van der Waals surface area contributed by atoms with E-state index in [1.54, 1.807) is 0 Å². The van der Waals surface area contributed by atoms with Crippen molar-refractivity contribution in [2.45, 2.75) is 20.3 Å². The summed E-state index contributed by atoms with van der Waals surface area (Å²) in [5.41, 5.74) is 1.20. The molecule has 0 aliphatic carbocycles. The largest absolute Gasteiger partial charge is 0.341 e. The monoisotopic (exact) mass is 153 g/mol. The van der Waals surface area contributed by atoms with E-state index in [1.807, 2.05) is 18.7 Å². The molecule has 0 saturated carbocycles. The van der Waals surface area contributed by atoms with Gasteiger partial charge in [-0.1, -0.05) is 19.1 Å². The van der Waals surface area contributed by atoms with Gasteiger partial charge in [0, 0.05) is 25.4 Å². The van der Waals surface area contributed by atoms with Gasteiger partial charge in [-0.2, -0.15) is 0 Å². The molecule has 0 spiro atoms. The maximum atomic E-state index is 11.1. The fourth-order valence-electron chi connectivity index (χ4n) is 1.22. The van der Waals surface area contributed by atoms with E-state index in [1.165, 1.54) is 5.57 Å². The molecule has 1 aliphatic rings. The van der Waals surface area contributed by atoms with Crippen molar-refractivity contribution in [1.82, 2.24) is 4.90 Å². The van der Waals surface area contributed by atoms with Crippen LogP contribution in [0.25, 0.3) is 0 Å². The van der Waals surface area contributed by atoms with Gasteiger partial charge in [-0.25, -0.2) is 0 Å². The summed E-state index contributed by atoms with van der Waals surface area (Å²) >= 11 is 0. The number of rotatable bonds is 2. The van der Waals surface area contributed by atoms with Crippen molar-refractivity contribution in [3.63, 3.8) is 0 Å². The molecular formula is C9H15NO. The number of hydrogen-bond acceptors (Lipinski definition) is 1. The average molecular weight is 153 g/mol. The maximum Gasteiger partial charge on any atom is 0.222 e. The highest BCUT2D eigenvalue weighted by molar-refractivity contribution is 5.76. The predicted molar refractivity (Wildman–Crippen MR) is 45.2 cm³/mol. The van der Waals surface area contributed by atoms with E-state index in [9.17, 15) is 4.79 Å². The molecule has 1 heterocycles. The third-order valence-corrected chi connectivity index (χ3v) is 2.23. The molecule has 11 heavy (non-hydrogen) atoms. The van der Waals surface area contributed by atoms with E-state index >= 15 is 0 Å². The third kappa shape index (κ3) is 1.62. The predicted octanol–water partition coefficient (Wildman–Crippen LogP) is 1.43. The third-order valence-electron chi connectivity index (χ3n) is 2.23. The van der Waals surface area contributed by atoms with Gasteiger partial charge in [0.1, 0.15) is 0 Å². The summed E-state index contributed by atoms with van der Waals surface area (Å²) in [6.45, 7) is 9.57. The lowest BCUT2D eigenvalue weighted by Crippen LogP contribution is -2.49. The van der Waals surface area contributed by atoms with Crippen LogP contribution in [0.1, 0.15) is 20.3 Å². The Kier molecular flexibility index (Phi) is 2.32. The molecule has 1 aliphatic heterocycles. The smallest absolute Gasteiger partial charge is 0.222 e. The Morgan fingerprint density at radius 3 is 2.55 bits per heavy atom. The zero-order valence-electron chi connectivity index (χ0n) is 7.26. The summed E-state index contributed by atoms with van der Waals surface area (Å²) in [5.74, 6) is 0.827. The van der Waals surface area contributed by atoms with Crippen molar-refractivity contribution in [2.24, 2.45) is 5.92 Å². The van der Waals surface area contributed by atoms with Crippen LogP contribution in [0.2, 0.25) is 0 Å². The molecule has 0 aromatic carbocycles. The highest BCUT2D eigenvalue weighted by Gasteiger charge is 2.29. The van der Waals surface area contributed by atoms with Crippen molar-refractivity contribution >= 4 is 5.91 Å². The first kappa shape index (κ1) is 8.31. The Morgan fingerprint density at radius 2 is 2.18 bits per heavy atom. The van der Waals surface area contributed by atoms with Gasteiger partial charge in [-0.05, 0) is 6.92 Å². The molecular weight excluding hydrogens is 138 g/mol. The fourth-order valence-corrected chi connectivity index (χ4v) is 1.22. The Hall–Kier alpha value is -0.790. The minimum absolute atomic E-state index is 0.266. The number of carbonyl (C=O) groups excluding carboxylic acids is 1. The van der Waals surface area contributed by atoms with Gasteiger partial charge in [-0.15, -0.1) is 0 Å². The van der Waals surface area contributed by atoms with Crippen LogP contribution in [-0.4, -0.2) is 23.9 Å². The normalized spacial score (nSPS) is 17.8. The first-order chi connectivity index (χ1) is 5.15. The fraction of sp³-hybridized carbons (Fsp3) is 0.667. The maximum absolute atomic E-state index is 11.1. The van der Waals surface area contributed by atoms with Crippen LogP contribution < -0.4 is 0 Å². The topological polar surface area (TPSA) is 20.3 Å². The van der Waals surface area contributed by atoms with E-state index in [0.29, 0.717) is 12.3 Å². The van der Waals surface area contributed by atoms with Crippen LogP contribution >= 0.6 is 0 Å². The van der Waals surface area contributed by atoms with E-state index in [4.69, 9.17) is 0 Å². The minimum atomic E-state index is 0.266. The number of nitrogens with zero attached hydrogens (tertiary/aromatic N) is 1. The Morgan fingerprint density at radius 1 is 1.64 bits per heavy atom. The lowest BCUT2D eigenvalue weighted by Gasteiger charge is -2.39. The molecule has 1 fully saturated rings. The summed E-state index contributed by atoms with van der Waals surface area (Å²) in [5, 5.41) is 0. The molecule has 0 bridgehead atoms. The zero-order valence-corrected chi connectivity index (χ0v) is 7.26. The molecule has 0 unspecified atom stereocenters. The quantitative estimate of drug-likeness (QED) is 0.549. The number of amides is 1. The highest BCUT2D eigenvalue weighted by Crippen LogP contribution is 2.22. The van der Waals surface area contributed by atoms with Crippen LogP contribution in [0, 0.1) is 5.92 Å². The molecule has 0 radical (unpaired) electrons. The molecule has 1 rings (SSSR count). The molecule has 2 nitrogen and oxygen atoms in total. The van der Waals surface area contributed by atoms with Crippen LogP contribution in [0.3, 0.4) is 0 Å². The van der Waals surface area contributed by atoms with E-state index in [2.05, 4.69) is 6.58 Å². The summed E-state index contributed by atoms with van der Waals surface area (Å²) in [7, 11) is 0. The molecule has 1 saturated heterocycles. The van der Waals surface area contributed by atoms with Crippen molar-refractivity contribution in [2.75, 3.05) is 13.1 Å². The van der Waals surface area contributed by atoms with Gasteiger partial charge in [0.15, 0.2) is 0 Å².